The molecule has 0 aliphatic carbocycles. The molecule has 3 N–H and O–H groups in total. The van der Waals surface area contributed by atoms with Gasteiger partial charge in [-0.1, -0.05) is 18.2 Å². The van der Waals surface area contributed by atoms with Gasteiger partial charge in [0.25, 0.3) is 0 Å². The van der Waals surface area contributed by atoms with Gasteiger partial charge in [-0.25, -0.2) is 4.79 Å². The Labute approximate surface area is 149 Å². The lowest BCUT2D eigenvalue weighted by Gasteiger charge is -2.43. The van der Waals surface area contributed by atoms with E-state index in [4.69, 9.17) is 15.2 Å². The highest BCUT2D eigenvalue weighted by Gasteiger charge is 2.42. The number of benzene rings is 1. The molecule has 1 unspecified atom stereocenters. The van der Waals surface area contributed by atoms with Crippen LogP contribution in [0.3, 0.4) is 0 Å². The van der Waals surface area contributed by atoms with Gasteiger partial charge in [0.2, 0.25) is 0 Å². The second kappa shape index (κ2) is 7.62. The minimum atomic E-state index is -0.970. The van der Waals surface area contributed by atoms with Crippen molar-refractivity contribution in [2.24, 2.45) is 5.73 Å². The van der Waals surface area contributed by atoms with Crippen molar-refractivity contribution in [3.8, 4) is 5.75 Å². The molecule has 1 heterocycles. The summed E-state index contributed by atoms with van der Waals surface area (Å²) in [7, 11) is 1.61. The number of piperidine rings is 1. The quantitative estimate of drug-likeness (QED) is 0.871. The third-order valence-electron chi connectivity index (χ3n) is 4.68. The summed E-state index contributed by atoms with van der Waals surface area (Å²) < 4.78 is 10.8. The van der Waals surface area contributed by atoms with Crippen molar-refractivity contribution < 1.29 is 19.4 Å². The van der Waals surface area contributed by atoms with Gasteiger partial charge in [-0.2, -0.15) is 0 Å². The summed E-state index contributed by atoms with van der Waals surface area (Å²) >= 11 is 0. The molecular weight excluding hydrogens is 320 g/mol. The van der Waals surface area contributed by atoms with Crippen molar-refractivity contribution in [3.63, 3.8) is 0 Å². The summed E-state index contributed by atoms with van der Waals surface area (Å²) in [4.78, 5) is 13.9. The zero-order valence-corrected chi connectivity index (χ0v) is 15.6. The van der Waals surface area contributed by atoms with Gasteiger partial charge >= 0.3 is 6.09 Å². The number of rotatable bonds is 4. The fraction of sp³-hybridized carbons (Fsp3) is 0.632. The summed E-state index contributed by atoms with van der Waals surface area (Å²) in [5.41, 5.74) is 5.41. The molecule has 1 aliphatic heterocycles. The number of methoxy groups -OCH3 is 1. The number of likely N-dealkylation sites (tertiary alicyclic amines) is 1. The zero-order chi connectivity index (χ0) is 18.7. The van der Waals surface area contributed by atoms with Crippen molar-refractivity contribution in [3.05, 3.63) is 29.8 Å². The number of nitrogens with zero attached hydrogens (tertiary/aromatic N) is 1. The standard InChI is InChI=1S/C19H30N2O4/c1-18(2,3)25-17(22)21-11-9-19(23,10-12-21)15(13-20)14-7-5-6-8-16(14)24-4/h5-8,15,23H,9-13,20H2,1-4H3. The smallest absolute Gasteiger partial charge is 0.410 e. The highest BCUT2D eigenvalue weighted by atomic mass is 16.6. The minimum absolute atomic E-state index is 0.246. The van der Waals surface area contributed by atoms with E-state index < -0.39 is 11.2 Å². The monoisotopic (exact) mass is 350 g/mol. The van der Waals surface area contributed by atoms with Crippen LogP contribution in [0.1, 0.15) is 45.1 Å². The third kappa shape index (κ3) is 4.64. The molecule has 0 radical (unpaired) electrons. The van der Waals surface area contributed by atoms with E-state index in [1.165, 1.54) is 0 Å². The predicted molar refractivity (Wildman–Crippen MR) is 96.8 cm³/mol. The number of hydrogen-bond acceptors (Lipinski definition) is 5. The van der Waals surface area contributed by atoms with Gasteiger partial charge < -0.3 is 25.2 Å². The summed E-state index contributed by atoms with van der Waals surface area (Å²) in [6.45, 7) is 6.73. The van der Waals surface area contributed by atoms with E-state index in [9.17, 15) is 9.90 Å². The summed E-state index contributed by atoms with van der Waals surface area (Å²) in [6.07, 6.45) is 0.564. The Hall–Kier alpha value is -1.79. The highest BCUT2D eigenvalue weighted by Crippen LogP contribution is 2.39. The normalized spacial score (nSPS) is 18.6. The largest absolute Gasteiger partial charge is 0.496 e. The first-order valence-corrected chi connectivity index (χ1v) is 8.73. The van der Waals surface area contributed by atoms with E-state index in [0.717, 1.165) is 11.3 Å². The van der Waals surface area contributed by atoms with E-state index in [1.807, 2.05) is 45.0 Å². The SMILES string of the molecule is COc1ccccc1C(CN)C1(O)CCN(C(=O)OC(C)(C)C)CC1. The molecule has 0 saturated carbocycles. The predicted octanol–water partition coefficient (Wildman–Crippen LogP) is 2.50. The van der Waals surface area contributed by atoms with E-state index in [-0.39, 0.29) is 12.0 Å². The first kappa shape index (κ1) is 19.5. The van der Waals surface area contributed by atoms with Crippen molar-refractivity contribution in [2.45, 2.75) is 50.7 Å². The molecule has 1 fully saturated rings. The van der Waals surface area contributed by atoms with Crippen LogP contribution < -0.4 is 10.5 Å². The number of nitrogens with two attached hydrogens (primary N) is 1. The second-order valence-electron chi connectivity index (χ2n) is 7.60. The fourth-order valence-corrected chi connectivity index (χ4v) is 3.34. The fourth-order valence-electron chi connectivity index (χ4n) is 3.34. The lowest BCUT2D eigenvalue weighted by molar-refractivity contribution is -0.0472. The summed E-state index contributed by atoms with van der Waals surface area (Å²) in [5, 5.41) is 11.2. The maximum absolute atomic E-state index is 12.2. The van der Waals surface area contributed by atoms with E-state index in [1.54, 1.807) is 12.0 Å². The molecule has 1 amide bonds. The molecule has 6 nitrogen and oxygen atoms in total. The second-order valence-corrected chi connectivity index (χ2v) is 7.60. The molecule has 1 atom stereocenters. The van der Waals surface area contributed by atoms with Crippen LogP contribution in [0.2, 0.25) is 0 Å². The Morgan fingerprint density at radius 3 is 2.44 bits per heavy atom. The van der Waals surface area contributed by atoms with Crippen molar-refractivity contribution in [1.82, 2.24) is 4.90 Å². The van der Waals surface area contributed by atoms with Crippen LogP contribution in [0.5, 0.6) is 5.75 Å². The Morgan fingerprint density at radius 1 is 1.32 bits per heavy atom. The Morgan fingerprint density at radius 2 is 1.92 bits per heavy atom. The van der Waals surface area contributed by atoms with Crippen molar-refractivity contribution in [2.75, 3.05) is 26.7 Å². The maximum Gasteiger partial charge on any atom is 0.410 e. The van der Waals surface area contributed by atoms with Gasteiger partial charge in [-0.05, 0) is 39.7 Å². The molecule has 1 aliphatic rings. The first-order chi connectivity index (χ1) is 11.7. The number of para-hydroxylation sites is 1. The topological polar surface area (TPSA) is 85.0 Å². The molecular formula is C19H30N2O4. The Bertz CT molecular complexity index is 589. The molecule has 6 heteroatoms. The van der Waals surface area contributed by atoms with Crippen molar-refractivity contribution in [1.29, 1.82) is 0 Å². The lowest BCUT2D eigenvalue weighted by atomic mass is 9.75. The molecule has 25 heavy (non-hydrogen) atoms. The Kier molecular flexibility index (Phi) is 5.95. The maximum atomic E-state index is 12.2. The van der Waals surface area contributed by atoms with Crippen LogP contribution in [0.15, 0.2) is 24.3 Å². The highest BCUT2D eigenvalue weighted by molar-refractivity contribution is 5.68. The van der Waals surface area contributed by atoms with Crippen LogP contribution in [-0.2, 0) is 4.74 Å². The number of amides is 1. The number of carbonyl (C=O) groups is 1. The number of hydrogen-bond donors (Lipinski definition) is 2. The molecule has 140 valence electrons. The first-order valence-electron chi connectivity index (χ1n) is 8.73. The summed E-state index contributed by atoms with van der Waals surface area (Å²) in [5.74, 6) is 0.477. The average Bonchev–Trinajstić information content (AvgIpc) is 2.55. The Balaban J connectivity index is 2.11. The molecule has 1 aromatic rings. The van der Waals surface area contributed by atoms with Gasteiger partial charge in [0.15, 0.2) is 0 Å². The van der Waals surface area contributed by atoms with Crippen molar-refractivity contribution >= 4 is 6.09 Å². The zero-order valence-electron chi connectivity index (χ0n) is 15.6. The molecule has 0 spiro atoms. The van der Waals surface area contributed by atoms with Gasteiger partial charge in [0.1, 0.15) is 11.4 Å². The van der Waals surface area contributed by atoms with Crippen LogP contribution >= 0.6 is 0 Å². The van der Waals surface area contributed by atoms with Gasteiger partial charge in [-0.3, -0.25) is 0 Å². The third-order valence-corrected chi connectivity index (χ3v) is 4.68. The lowest BCUT2D eigenvalue weighted by Crippen LogP contribution is -2.52. The van der Waals surface area contributed by atoms with Gasteiger partial charge in [0, 0.05) is 31.1 Å². The minimum Gasteiger partial charge on any atom is -0.496 e. The average molecular weight is 350 g/mol. The van der Waals surface area contributed by atoms with Crippen LogP contribution in [0, 0.1) is 0 Å². The van der Waals surface area contributed by atoms with E-state index >= 15 is 0 Å². The number of aliphatic hydroxyl groups is 1. The van der Waals surface area contributed by atoms with E-state index in [2.05, 4.69) is 0 Å². The summed E-state index contributed by atoms with van der Waals surface area (Å²) in [6, 6.07) is 7.62. The van der Waals surface area contributed by atoms with Crippen LogP contribution in [0.4, 0.5) is 4.79 Å². The van der Waals surface area contributed by atoms with E-state index in [0.29, 0.717) is 32.5 Å². The molecule has 2 rings (SSSR count). The van der Waals surface area contributed by atoms with Gasteiger partial charge in [-0.15, -0.1) is 0 Å². The van der Waals surface area contributed by atoms with Gasteiger partial charge in [0.05, 0.1) is 12.7 Å². The molecule has 1 aromatic carbocycles. The number of carbonyl (C=O) groups excluding carboxylic acids is 1. The molecule has 0 bridgehead atoms. The van der Waals surface area contributed by atoms with Crippen LogP contribution in [-0.4, -0.2) is 54.0 Å². The van der Waals surface area contributed by atoms with Crippen LogP contribution in [0.25, 0.3) is 0 Å². The number of ether oxygens (including phenoxy) is 2. The molecule has 1 saturated heterocycles. The molecule has 0 aromatic heterocycles.